The van der Waals surface area contributed by atoms with Crippen molar-refractivity contribution in [2.45, 2.75) is 25.8 Å². The maximum absolute atomic E-state index is 12.6. The lowest BCUT2D eigenvalue weighted by molar-refractivity contribution is 0.0698. The first-order valence-electron chi connectivity index (χ1n) is 7.47. The summed E-state index contributed by atoms with van der Waals surface area (Å²) in [5, 5.41) is 3.25. The fraction of sp³-hybridized carbons (Fsp3) is 0.562. The molecule has 124 valence electrons. The van der Waals surface area contributed by atoms with Crippen LogP contribution >= 0.6 is 12.4 Å². The van der Waals surface area contributed by atoms with Crippen LogP contribution in [0.4, 0.5) is 0 Å². The fourth-order valence-electron chi connectivity index (χ4n) is 2.66. The van der Waals surface area contributed by atoms with Crippen LogP contribution in [0.1, 0.15) is 30.1 Å². The summed E-state index contributed by atoms with van der Waals surface area (Å²) in [6, 6.07) is 5.75. The Kier molecular flexibility index (Phi) is 7.48. The van der Waals surface area contributed by atoms with Gasteiger partial charge in [-0.3, -0.25) is 4.79 Å². The van der Waals surface area contributed by atoms with Crippen LogP contribution in [0.25, 0.3) is 0 Å². The van der Waals surface area contributed by atoms with Crippen LogP contribution in [-0.4, -0.2) is 50.7 Å². The van der Waals surface area contributed by atoms with Crippen LogP contribution in [0.3, 0.4) is 0 Å². The number of piperidine rings is 1. The lowest BCUT2D eigenvalue weighted by Gasteiger charge is -2.32. The molecular weight excluding hydrogens is 304 g/mol. The first kappa shape index (κ1) is 18.6. The Morgan fingerprint density at radius 1 is 1.41 bits per heavy atom. The van der Waals surface area contributed by atoms with E-state index in [1.54, 1.807) is 25.3 Å². The van der Waals surface area contributed by atoms with Crippen molar-refractivity contribution in [3.8, 4) is 11.5 Å². The lowest BCUT2D eigenvalue weighted by Crippen LogP contribution is -2.46. The molecule has 0 bridgehead atoms. The standard InChI is InChI=1S/C16H24N2O3.ClH/c1-4-21-14-8-7-12(10-15(14)20-3)16(19)18-9-5-6-13(11-18)17-2;/h7-8,10,13,17H,4-6,9,11H2,1-3H3;1H. The highest BCUT2D eigenvalue weighted by molar-refractivity contribution is 5.95. The average Bonchev–Trinajstić information content (AvgIpc) is 2.54. The third kappa shape index (κ3) is 4.27. The lowest BCUT2D eigenvalue weighted by atomic mass is 10.0. The number of benzene rings is 1. The molecule has 1 aliphatic heterocycles. The number of hydrogen-bond acceptors (Lipinski definition) is 4. The summed E-state index contributed by atoms with van der Waals surface area (Å²) >= 11 is 0. The summed E-state index contributed by atoms with van der Waals surface area (Å²) in [6.07, 6.45) is 2.15. The van der Waals surface area contributed by atoms with E-state index >= 15 is 0 Å². The number of nitrogens with zero attached hydrogens (tertiary/aromatic N) is 1. The number of ether oxygens (including phenoxy) is 2. The highest BCUT2D eigenvalue weighted by Crippen LogP contribution is 2.28. The minimum absolute atomic E-state index is 0. The maximum Gasteiger partial charge on any atom is 0.254 e. The van der Waals surface area contributed by atoms with Crippen molar-refractivity contribution in [2.24, 2.45) is 0 Å². The fourth-order valence-corrected chi connectivity index (χ4v) is 2.66. The molecule has 1 heterocycles. The topological polar surface area (TPSA) is 50.8 Å². The van der Waals surface area contributed by atoms with Crippen molar-refractivity contribution in [1.29, 1.82) is 0 Å². The summed E-state index contributed by atoms with van der Waals surface area (Å²) in [4.78, 5) is 14.5. The number of methoxy groups -OCH3 is 1. The van der Waals surface area contributed by atoms with E-state index in [2.05, 4.69) is 5.32 Å². The van der Waals surface area contributed by atoms with E-state index in [1.165, 1.54) is 0 Å². The third-order valence-corrected chi connectivity index (χ3v) is 3.83. The van der Waals surface area contributed by atoms with Gasteiger partial charge in [0.05, 0.1) is 13.7 Å². The van der Waals surface area contributed by atoms with E-state index in [0.29, 0.717) is 29.7 Å². The Labute approximate surface area is 138 Å². The van der Waals surface area contributed by atoms with Crippen LogP contribution in [0, 0.1) is 0 Å². The Bertz CT molecular complexity index is 496. The van der Waals surface area contributed by atoms with E-state index < -0.39 is 0 Å². The van der Waals surface area contributed by atoms with E-state index in [-0.39, 0.29) is 18.3 Å². The molecular formula is C16H25ClN2O3. The Morgan fingerprint density at radius 2 is 2.18 bits per heavy atom. The zero-order valence-electron chi connectivity index (χ0n) is 13.4. The van der Waals surface area contributed by atoms with Crippen molar-refractivity contribution >= 4 is 18.3 Å². The zero-order chi connectivity index (χ0) is 15.2. The molecule has 1 saturated heterocycles. The summed E-state index contributed by atoms with van der Waals surface area (Å²) in [5.74, 6) is 1.32. The normalized spacial score (nSPS) is 17.6. The number of nitrogens with one attached hydrogen (secondary N) is 1. The molecule has 2 rings (SSSR count). The van der Waals surface area contributed by atoms with Crippen molar-refractivity contribution in [1.82, 2.24) is 10.2 Å². The van der Waals surface area contributed by atoms with Crippen molar-refractivity contribution in [3.63, 3.8) is 0 Å². The molecule has 1 aromatic carbocycles. The van der Waals surface area contributed by atoms with Crippen molar-refractivity contribution in [2.75, 3.05) is 33.9 Å². The molecule has 5 nitrogen and oxygen atoms in total. The maximum atomic E-state index is 12.6. The van der Waals surface area contributed by atoms with Crippen LogP contribution < -0.4 is 14.8 Å². The number of carbonyl (C=O) groups excluding carboxylic acids is 1. The molecule has 0 aliphatic carbocycles. The molecule has 22 heavy (non-hydrogen) atoms. The predicted octanol–water partition coefficient (Wildman–Crippen LogP) is 2.34. The van der Waals surface area contributed by atoms with Crippen LogP contribution in [-0.2, 0) is 0 Å². The molecule has 0 aromatic heterocycles. The SMILES string of the molecule is CCOc1ccc(C(=O)N2CCCC(NC)C2)cc1OC.Cl. The minimum Gasteiger partial charge on any atom is -0.493 e. The van der Waals surface area contributed by atoms with Gasteiger partial charge in [-0.05, 0) is 45.0 Å². The zero-order valence-corrected chi connectivity index (χ0v) is 14.2. The summed E-state index contributed by atoms with van der Waals surface area (Å²) in [7, 11) is 3.53. The van der Waals surface area contributed by atoms with E-state index in [0.717, 1.165) is 25.9 Å². The highest BCUT2D eigenvalue weighted by atomic mass is 35.5. The van der Waals surface area contributed by atoms with Gasteiger partial charge in [-0.2, -0.15) is 0 Å². The molecule has 0 radical (unpaired) electrons. The molecule has 1 unspecified atom stereocenters. The van der Waals surface area contributed by atoms with Gasteiger partial charge in [0, 0.05) is 24.7 Å². The van der Waals surface area contributed by atoms with Gasteiger partial charge in [0.25, 0.3) is 5.91 Å². The quantitative estimate of drug-likeness (QED) is 0.901. The Hall–Kier alpha value is -1.46. The molecule has 1 atom stereocenters. The number of likely N-dealkylation sites (N-methyl/N-ethyl adjacent to an activating group) is 1. The first-order valence-corrected chi connectivity index (χ1v) is 7.47. The second kappa shape index (κ2) is 8.86. The number of halogens is 1. The molecule has 1 amide bonds. The second-order valence-corrected chi connectivity index (χ2v) is 5.18. The Balaban J connectivity index is 0.00000242. The monoisotopic (exact) mass is 328 g/mol. The third-order valence-electron chi connectivity index (χ3n) is 3.83. The number of carbonyl (C=O) groups is 1. The summed E-state index contributed by atoms with van der Waals surface area (Å²) in [6.45, 7) is 4.06. The largest absolute Gasteiger partial charge is 0.493 e. The average molecular weight is 329 g/mol. The van der Waals surface area contributed by atoms with E-state index in [9.17, 15) is 4.79 Å². The van der Waals surface area contributed by atoms with Gasteiger partial charge in [0.15, 0.2) is 11.5 Å². The van der Waals surface area contributed by atoms with Gasteiger partial charge in [0.2, 0.25) is 0 Å². The van der Waals surface area contributed by atoms with E-state index in [1.807, 2.05) is 18.9 Å². The minimum atomic E-state index is 0. The van der Waals surface area contributed by atoms with Crippen molar-refractivity contribution < 1.29 is 14.3 Å². The summed E-state index contributed by atoms with van der Waals surface area (Å²) < 4.78 is 10.8. The highest BCUT2D eigenvalue weighted by Gasteiger charge is 2.24. The predicted molar refractivity (Wildman–Crippen MR) is 89.4 cm³/mol. The van der Waals surface area contributed by atoms with Gasteiger partial charge in [-0.15, -0.1) is 12.4 Å². The molecule has 0 spiro atoms. The van der Waals surface area contributed by atoms with Gasteiger partial charge in [-0.1, -0.05) is 0 Å². The molecule has 1 aromatic rings. The smallest absolute Gasteiger partial charge is 0.254 e. The van der Waals surface area contributed by atoms with Crippen LogP contribution in [0.5, 0.6) is 11.5 Å². The number of likely N-dealkylation sites (tertiary alicyclic amines) is 1. The second-order valence-electron chi connectivity index (χ2n) is 5.18. The molecule has 1 N–H and O–H groups in total. The molecule has 1 fully saturated rings. The molecule has 1 aliphatic rings. The van der Waals surface area contributed by atoms with Gasteiger partial charge in [-0.25, -0.2) is 0 Å². The van der Waals surface area contributed by atoms with Gasteiger partial charge in [0.1, 0.15) is 0 Å². The van der Waals surface area contributed by atoms with Gasteiger partial charge < -0.3 is 19.7 Å². The van der Waals surface area contributed by atoms with E-state index in [4.69, 9.17) is 9.47 Å². The van der Waals surface area contributed by atoms with Crippen molar-refractivity contribution in [3.05, 3.63) is 23.8 Å². The number of rotatable bonds is 5. The van der Waals surface area contributed by atoms with Crippen LogP contribution in [0.15, 0.2) is 18.2 Å². The first-order chi connectivity index (χ1) is 10.2. The van der Waals surface area contributed by atoms with Gasteiger partial charge >= 0.3 is 0 Å². The Morgan fingerprint density at radius 3 is 2.82 bits per heavy atom. The van der Waals surface area contributed by atoms with Crippen LogP contribution in [0.2, 0.25) is 0 Å². The number of hydrogen-bond donors (Lipinski definition) is 1. The number of amides is 1. The molecule has 6 heteroatoms. The molecule has 0 saturated carbocycles. The summed E-state index contributed by atoms with van der Waals surface area (Å²) in [5.41, 5.74) is 0.645.